The maximum Gasteiger partial charge on any atom is 0.417 e. The summed E-state index contributed by atoms with van der Waals surface area (Å²) in [5.41, 5.74) is 12.4. The van der Waals surface area contributed by atoms with Gasteiger partial charge in [0, 0.05) is 49.5 Å². The van der Waals surface area contributed by atoms with Crippen LogP contribution in [0.15, 0.2) is 267 Å². The minimum Gasteiger partial charge on any atom is -0.309 e. The third-order valence-corrected chi connectivity index (χ3v) is 17.0. The smallest absolute Gasteiger partial charge is 0.309 e. The largest absolute Gasteiger partial charge is 0.417 e. The summed E-state index contributed by atoms with van der Waals surface area (Å²) < 4.78 is 53.6. The number of nitrogens with zero attached hydrogens (tertiary/aromatic N) is 9. The van der Waals surface area contributed by atoms with Gasteiger partial charge < -0.3 is 9.13 Å². The molecule has 0 spiro atoms. The zero-order valence-corrected chi connectivity index (χ0v) is 48.6. The topological polar surface area (TPSA) is 105 Å². The number of halogens is 3. The van der Waals surface area contributed by atoms with E-state index in [2.05, 4.69) is 21.8 Å². The highest BCUT2D eigenvalue weighted by molar-refractivity contribution is 6.14. The van der Waals surface area contributed by atoms with Crippen molar-refractivity contribution in [2.45, 2.75) is 6.18 Å². The lowest BCUT2D eigenvalue weighted by Gasteiger charge is -2.21. The van der Waals surface area contributed by atoms with Crippen LogP contribution in [0.5, 0.6) is 0 Å². The van der Waals surface area contributed by atoms with Gasteiger partial charge >= 0.3 is 6.18 Å². The van der Waals surface area contributed by atoms with Gasteiger partial charge in [-0.05, 0) is 147 Å². The van der Waals surface area contributed by atoms with Crippen LogP contribution in [0, 0.1) is 35.8 Å². The van der Waals surface area contributed by atoms with Crippen molar-refractivity contribution in [1.29, 1.82) is 10.5 Å². The maximum absolute atomic E-state index is 16.5. The Morgan fingerprint density at radius 3 is 1.15 bits per heavy atom. The molecule has 9 nitrogen and oxygen atoms in total. The van der Waals surface area contributed by atoms with Gasteiger partial charge in [0.25, 0.3) is 0 Å². The Morgan fingerprint density at radius 2 is 0.717 bits per heavy atom. The first-order valence-electron chi connectivity index (χ1n) is 29.4. The van der Waals surface area contributed by atoms with Crippen molar-refractivity contribution in [3.63, 3.8) is 0 Å². The number of hydrogen-bond donors (Lipinski definition) is 0. The standard InChI is InChI=1S/C80H44F3N9/c1-86-70-27-15-13-25-61(70)53-31-37-73-66(43-53)65-41-51(59-23-11-9-21-56(59)47-84)29-36-72(65)91(73)58-34-35-69(80(81,82)83)63(46-58)64-45-55(79-89-77(49-17-5-3-6-18-49)88-78(90-79)50-19-7-4-8-20-50)33-40-74(64)92-75-38-30-52(60-24-12-10-22-57(60)48-85)42-67(75)68-44-54(32-39-76(68)92)62-26-14-16-28-71(62)87-2/h3-46H. The molecule has 3 aromatic heterocycles. The second-order valence-corrected chi connectivity index (χ2v) is 22.2. The average molecular weight is 1190 g/mol. The Morgan fingerprint density at radius 1 is 0.337 bits per heavy atom. The van der Waals surface area contributed by atoms with E-state index < -0.39 is 11.7 Å². The number of para-hydroxylation sites is 2. The summed E-state index contributed by atoms with van der Waals surface area (Å²) in [5.74, 6) is 0.973. The van der Waals surface area contributed by atoms with E-state index in [0.717, 1.165) is 61.0 Å². The summed E-state index contributed by atoms with van der Waals surface area (Å²) in [4.78, 5) is 22.8. The molecule has 0 N–H and O–H groups in total. The quantitative estimate of drug-likeness (QED) is 0.127. The summed E-state index contributed by atoms with van der Waals surface area (Å²) in [6, 6.07) is 86.3. The predicted molar refractivity (Wildman–Crippen MR) is 359 cm³/mol. The molecule has 0 unspecified atom stereocenters. The van der Waals surface area contributed by atoms with E-state index in [1.54, 1.807) is 36.4 Å². The minimum absolute atomic E-state index is 0.137. The van der Waals surface area contributed by atoms with E-state index in [0.29, 0.717) is 95.4 Å². The highest BCUT2D eigenvalue weighted by atomic mass is 19.4. The van der Waals surface area contributed by atoms with E-state index in [1.165, 1.54) is 6.07 Å². The van der Waals surface area contributed by atoms with E-state index in [-0.39, 0.29) is 17.0 Å². The van der Waals surface area contributed by atoms with Gasteiger partial charge in [0.1, 0.15) is 0 Å². The summed E-state index contributed by atoms with van der Waals surface area (Å²) in [5, 5.41) is 23.7. The fraction of sp³-hybridized carbons (Fsp3) is 0.0125. The molecule has 0 aliphatic carbocycles. The van der Waals surface area contributed by atoms with Crippen molar-refractivity contribution in [3.05, 3.63) is 306 Å². The summed E-state index contributed by atoms with van der Waals surface area (Å²) in [7, 11) is 0. The molecule has 0 radical (unpaired) electrons. The van der Waals surface area contributed by atoms with Crippen LogP contribution in [-0.4, -0.2) is 24.1 Å². The highest BCUT2D eigenvalue weighted by Gasteiger charge is 2.36. The fourth-order valence-corrected chi connectivity index (χ4v) is 12.7. The van der Waals surface area contributed by atoms with Gasteiger partial charge in [-0.15, -0.1) is 0 Å². The summed E-state index contributed by atoms with van der Waals surface area (Å²) in [6.45, 7) is 16.1. The predicted octanol–water partition coefficient (Wildman–Crippen LogP) is 21.3. The molecule has 0 saturated heterocycles. The van der Waals surface area contributed by atoms with Gasteiger partial charge in [0.05, 0.1) is 69.7 Å². The van der Waals surface area contributed by atoms with Gasteiger partial charge in [-0.3, -0.25) is 0 Å². The Hall–Kier alpha value is -13.0. The summed E-state index contributed by atoms with van der Waals surface area (Å²) in [6.07, 6.45) is -4.89. The first-order chi connectivity index (χ1) is 45.1. The van der Waals surface area contributed by atoms with Crippen LogP contribution < -0.4 is 0 Å². The Balaban J connectivity index is 1.03. The molecule has 0 saturated carbocycles. The Bertz CT molecular complexity index is 5410. The average Bonchev–Trinajstić information content (AvgIpc) is 1.62. The molecule has 0 bridgehead atoms. The number of fused-ring (bicyclic) bond motifs is 6. The maximum atomic E-state index is 16.5. The van der Waals surface area contributed by atoms with Crippen molar-refractivity contribution >= 4 is 55.0 Å². The molecule has 15 aromatic rings. The molecular weight excluding hydrogens is 1140 g/mol. The van der Waals surface area contributed by atoms with Crippen LogP contribution in [0.25, 0.3) is 154 Å². The van der Waals surface area contributed by atoms with E-state index in [4.69, 9.17) is 28.1 Å². The number of rotatable bonds is 10. The van der Waals surface area contributed by atoms with Crippen LogP contribution >= 0.6 is 0 Å². The van der Waals surface area contributed by atoms with Crippen molar-refractivity contribution in [2.24, 2.45) is 0 Å². The number of alkyl halides is 3. The molecule has 3 heterocycles. The van der Waals surface area contributed by atoms with Crippen LogP contribution in [0.3, 0.4) is 0 Å². The third kappa shape index (κ3) is 9.62. The van der Waals surface area contributed by atoms with E-state index in [9.17, 15) is 10.5 Å². The molecule has 0 atom stereocenters. The molecule has 0 aliphatic heterocycles. The molecule has 0 amide bonds. The highest BCUT2D eigenvalue weighted by Crippen LogP contribution is 2.47. The molecule has 0 fully saturated rings. The molecule has 15 rings (SSSR count). The van der Waals surface area contributed by atoms with Gasteiger partial charge in [-0.2, -0.15) is 23.7 Å². The zero-order valence-electron chi connectivity index (χ0n) is 48.6. The lowest BCUT2D eigenvalue weighted by Crippen LogP contribution is -2.10. The second-order valence-electron chi connectivity index (χ2n) is 22.2. The molecule has 12 heteroatoms. The number of benzene rings is 12. The Labute approximate surface area is 526 Å². The van der Waals surface area contributed by atoms with Gasteiger partial charge in [-0.1, -0.05) is 170 Å². The van der Waals surface area contributed by atoms with Crippen LogP contribution in [-0.2, 0) is 6.18 Å². The summed E-state index contributed by atoms with van der Waals surface area (Å²) >= 11 is 0. The zero-order chi connectivity index (χ0) is 62.6. The van der Waals surface area contributed by atoms with Crippen LogP contribution in [0.4, 0.5) is 24.5 Å². The normalized spacial score (nSPS) is 11.4. The van der Waals surface area contributed by atoms with Crippen LogP contribution in [0.1, 0.15) is 16.7 Å². The fourth-order valence-electron chi connectivity index (χ4n) is 12.7. The SMILES string of the molecule is [C-]#[N+]c1ccccc1-c1ccc2c(c1)c1cc(-c3ccccc3C#N)ccc1n2-c1ccc(C(F)(F)F)c(-c2cc(-c3nc(-c4ccccc4)nc(-c4ccccc4)n3)ccc2-n2c3ccc(-c4ccccc4C#N)cc3c3cc(-c4ccccc4[N+]#[C-])ccc32)c1. The molecule has 12 aromatic carbocycles. The first-order valence-corrected chi connectivity index (χ1v) is 29.4. The van der Waals surface area contributed by atoms with Crippen molar-refractivity contribution in [1.82, 2.24) is 24.1 Å². The lowest BCUT2D eigenvalue weighted by atomic mass is 9.94. The minimum atomic E-state index is -4.89. The first kappa shape index (κ1) is 55.6. The van der Waals surface area contributed by atoms with Crippen molar-refractivity contribution in [2.75, 3.05) is 0 Å². The monoisotopic (exact) mass is 1190 g/mol. The molecule has 92 heavy (non-hydrogen) atoms. The number of aromatic nitrogens is 5. The molecule has 0 aliphatic rings. The lowest BCUT2D eigenvalue weighted by molar-refractivity contribution is -0.137. The molecule has 430 valence electrons. The van der Waals surface area contributed by atoms with Crippen molar-refractivity contribution in [3.8, 4) is 113 Å². The molecular formula is C80H44F3N9. The van der Waals surface area contributed by atoms with Crippen molar-refractivity contribution < 1.29 is 13.2 Å². The van der Waals surface area contributed by atoms with E-state index >= 15 is 13.2 Å². The van der Waals surface area contributed by atoms with Crippen LogP contribution in [0.2, 0.25) is 0 Å². The second kappa shape index (κ2) is 22.6. The van der Waals surface area contributed by atoms with Gasteiger partial charge in [0.15, 0.2) is 28.8 Å². The number of nitriles is 2. The Kier molecular flexibility index (Phi) is 13.7. The van der Waals surface area contributed by atoms with E-state index in [1.807, 2.05) is 228 Å². The van der Waals surface area contributed by atoms with Gasteiger partial charge in [-0.25, -0.2) is 24.6 Å². The number of hydrogen-bond acceptors (Lipinski definition) is 5. The van der Waals surface area contributed by atoms with Gasteiger partial charge in [0.2, 0.25) is 0 Å². The third-order valence-electron chi connectivity index (χ3n) is 17.0.